The Kier molecular flexibility index (Phi) is 7.62. The Balaban J connectivity index is 1.78. The largest absolute Gasteiger partial charge is 0.573 e. The molecule has 1 aromatic heterocycles. The fourth-order valence-electron chi connectivity index (χ4n) is 3.97. The van der Waals surface area contributed by atoms with Crippen molar-refractivity contribution in [1.29, 1.82) is 0 Å². The van der Waals surface area contributed by atoms with Crippen LogP contribution in [0.3, 0.4) is 0 Å². The van der Waals surface area contributed by atoms with Crippen molar-refractivity contribution < 1.29 is 27.4 Å². The van der Waals surface area contributed by atoms with Gasteiger partial charge in [0.1, 0.15) is 10.9 Å². The molecule has 1 aromatic carbocycles. The highest BCUT2D eigenvalue weighted by Gasteiger charge is 2.42. The van der Waals surface area contributed by atoms with Crippen LogP contribution >= 0.6 is 11.6 Å². The molecule has 1 aliphatic rings. The third kappa shape index (κ3) is 6.96. The molecule has 1 unspecified atom stereocenters. The van der Waals surface area contributed by atoms with E-state index in [0.29, 0.717) is 17.8 Å². The number of rotatable bonds is 7. The number of carbonyl (C=O) groups is 1. The fraction of sp³-hybridized carbons (Fsp3) is 0.522. The van der Waals surface area contributed by atoms with E-state index in [0.717, 1.165) is 0 Å². The van der Waals surface area contributed by atoms with Crippen molar-refractivity contribution in [2.24, 2.45) is 5.92 Å². The average molecular weight is 501 g/mol. The van der Waals surface area contributed by atoms with Crippen LogP contribution in [0.15, 0.2) is 30.3 Å². The van der Waals surface area contributed by atoms with Crippen LogP contribution in [-0.2, 0) is 9.53 Å². The molecular formula is C23H28ClF3N4O3. The first-order valence-electron chi connectivity index (χ1n) is 10.8. The number of hydrogen-bond donors (Lipinski definition) is 2. The number of alkyl halides is 3. The lowest BCUT2D eigenvalue weighted by Crippen LogP contribution is -2.34. The molecule has 0 bridgehead atoms. The number of nitrogens with zero attached hydrogens (tertiary/aromatic N) is 2. The van der Waals surface area contributed by atoms with Gasteiger partial charge in [-0.25, -0.2) is 9.97 Å². The highest BCUT2D eigenvalue weighted by Crippen LogP contribution is 2.35. The zero-order valence-corrected chi connectivity index (χ0v) is 20.3. The molecule has 0 spiro atoms. The zero-order chi connectivity index (χ0) is 25.3. The predicted molar refractivity (Wildman–Crippen MR) is 122 cm³/mol. The van der Waals surface area contributed by atoms with Crippen LogP contribution in [0.25, 0.3) is 0 Å². The Labute approximate surface area is 201 Å². The van der Waals surface area contributed by atoms with Crippen molar-refractivity contribution in [2.45, 2.75) is 64.6 Å². The van der Waals surface area contributed by atoms with Gasteiger partial charge in [0, 0.05) is 12.5 Å². The van der Waals surface area contributed by atoms with Crippen LogP contribution in [-0.4, -0.2) is 40.5 Å². The van der Waals surface area contributed by atoms with Gasteiger partial charge in [-0.15, -0.1) is 13.2 Å². The maximum absolute atomic E-state index is 12.7. The minimum atomic E-state index is -4.75. The monoisotopic (exact) mass is 500 g/mol. The molecule has 2 aromatic rings. The summed E-state index contributed by atoms with van der Waals surface area (Å²) in [6.07, 6.45) is -4.97. The second kappa shape index (κ2) is 9.95. The predicted octanol–water partition coefficient (Wildman–Crippen LogP) is 5.23. The number of benzene rings is 1. The number of halogens is 4. The summed E-state index contributed by atoms with van der Waals surface area (Å²) in [6, 6.07) is 6.69. The summed E-state index contributed by atoms with van der Waals surface area (Å²) in [4.78, 5) is 21.4. The molecular weight excluding hydrogens is 473 g/mol. The molecule has 1 aliphatic heterocycles. The van der Waals surface area contributed by atoms with Crippen molar-refractivity contribution >= 4 is 23.5 Å². The summed E-state index contributed by atoms with van der Waals surface area (Å²) in [5, 5.41) is 6.14. The van der Waals surface area contributed by atoms with E-state index < -0.39 is 12.3 Å². The van der Waals surface area contributed by atoms with Crippen molar-refractivity contribution in [3.05, 3.63) is 46.7 Å². The van der Waals surface area contributed by atoms with E-state index in [2.05, 4.69) is 25.3 Å². The molecule has 1 saturated heterocycles. The number of carbonyl (C=O) groups excluding carboxylic acids is 1. The third-order valence-electron chi connectivity index (χ3n) is 5.36. The van der Waals surface area contributed by atoms with E-state index in [1.807, 2.05) is 27.7 Å². The number of hydrogen-bond acceptors (Lipinski definition) is 6. The van der Waals surface area contributed by atoms with Gasteiger partial charge >= 0.3 is 6.36 Å². The number of anilines is 1. The first-order valence-corrected chi connectivity index (χ1v) is 11.2. The summed E-state index contributed by atoms with van der Waals surface area (Å²) in [7, 11) is 0. The Morgan fingerprint density at radius 2 is 1.79 bits per heavy atom. The molecule has 34 heavy (non-hydrogen) atoms. The quantitative estimate of drug-likeness (QED) is 0.506. The van der Waals surface area contributed by atoms with Gasteiger partial charge < -0.3 is 20.1 Å². The van der Waals surface area contributed by atoms with Crippen LogP contribution < -0.4 is 15.4 Å². The van der Waals surface area contributed by atoms with Gasteiger partial charge in [-0.1, -0.05) is 23.7 Å². The van der Waals surface area contributed by atoms with Crippen molar-refractivity contribution in [2.75, 3.05) is 11.9 Å². The molecule has 0 saturated carbocycles. The first kappa shape index (κ1) is 26.0. The van der Waals surface area contributed by atoms with Crippen molar-refractivity contribution in [1.82, 2.24) is 15.3 Å². The molecule has 11 heteroatoms. The lowest BCUT2D eigenvalue weighted by Gasteiger charge is -2.30. The molecule has 0 aliphatic carbocycles. The summed E-state index contributed by atoms with van der Waals surface area (Å²) >= 11 is 6.24. The van der Waals surface area contributed by atoms with E-state index in [4.69, 9.17) is 16.3 Å². The summed E-state index contributed by atoms with van der Waals surface area (Å²) in [5.74, 6) is -0.983. The van der Waals surface area contributed by atoms with E-state index in [9.17, 15) is 18.0 Å². The van der Waals surface area contributed by atoms with Gasteiger partial charge in [0.2, 0.25) is 11.9 Å². The minimum absolute atomic E-state index is 0.149. The van der Waals surface area contributed by atoms with Gasteiger partial charge in [0.05, 0.1) is 29.4 Å². The standard InChI is InChI=1S/C23H28ClF3N4O3/c1-12(14-6-8-15(9-7-14)34-23(25,26)27)29-21-30-17(10-18(24)31-21)19-16(11-28-20(19)32)13(2)33-22(3,4)5/h6-10,12-13,16,19H,11H2,1-5H3,(H,28,32)(H,29,30,31)/t12-,13+,16?,19+/m0/s1. The Morgan fingerprint density at radius 1 is 1.15 bits per heavy atom. The maximum Gasteiger partial charge on any atom is 0.573 e. The lowest BCUT2D eigenvalue weighted by atomic mass is 9.88. The van der Waals surface area contributed by atoms with Crippen LogP contribution in [0.1, 0.15) is 57.8 Å². The lowest BCUT2D eigenvalue weighted by molar-refractivity contribution is -0.274. The summed E-state index contributed by atoms with van der Waals surface area (Å²) in [6.45, 7) is 10.0. The number of nitrogens with one attached hydrogen (secondary N) is 2. The minimum Gasteiger partial charge on any atom is -0.406 e. The first-order chi connectivity index (χ1) is 15.7. The van der Waals surface area contributed by atoms with E-state index in [1.54, 1.807) is 13.0 Å². The second-order valence-electron chi connectivity index (χ2n) is 9.24. The molecule has 3 rings (SSSR count). The molecule has 2 N–H and O–H groups in total. The van der Waals surface area contributed by atoms with Gasteiger partial charge in [0.15, 0.2) is 0 Å². The normalized spacial score (nSPS) is 20.6. The highest BCUT2D eigenvalue weighted by atomic mass is 35.5. The van der Waals surface area contributed by atoms with Gasteiger partial charge in [0.25, 0.3) is 0 Å². The Hall–Kier alpha value is -2.59. The van der Waals surface area contributed by atoms with E-state index in [-0.39, 0.29) is 46.4 Å². The average Bonchev–Trinajstić information content (AvgIpc) is 3.07. The molecule has 1 amide bonds. The smallest absolute Gasteiger partial charge is 0.406 e. The molecule has 4 atom stereocenters. The van der Waals surface area contributed by atoms with Gasteiger partial charge in [-0.2, -0.15) is 0 Å². The zero-order valence-electron chi connectivity index (χ0n) is 19.5. The second-order valence-corrected chi connectivity index (χ2v) is 9.63. The highest BCUT2D eigenvalue weighted by molar-refractivity contribution is 6.29. The van der Waals surface area contributed by atoms with Crippen molar-refractivity contribution in [3.63, 3.8) is 0 Å². The van der Waals surface area contributed by atoms with E-state index >= 15 is 0 Å². The van der Waals surface area contributed by atoms with Gasteiger partial charge in [-0.05, 0) is 58.4 Å². The van der Waals surface area contributed by atoms with Crippen LogP contribution in [0.5, 0.6) is 5.75 Å². The Bertz CT molecular complexity index is 1010. The third-order valence-corrected chi connectivity index (χ3v) is 5.55. The Morgan fingerprint density at radius 3 is 2.38 bits per heavy atom. The fourth-order valence-corrected chi connectivity index (χ4v) is 4.16. The molecule has 1 fully saturated rings. The van der Waals surface area contributed by atoms with Crippen LogP contribution in [0.4, 0.5) is 19.1 Å². The molecule has 7 nitrogen and oxygen atoms in total. The number of amides is 1. The molecule has 2 heterocycles. The topological polar surface area (TPSA) is 85.4 Å². The summed E-state index contributed by atoms with van der Waals surface area (Å²) in [5.41, 5.74) is 0.776. The van der Waals surface area contributed by atoms with E-state index in [1.165, 1.54) is 24.3 Å². The maximum atomic E-state index is 12.7. The number of ether oxygens (including phenoxy) is 2. The van der Waals surface area contributed by atoms with Crippen LogP contribution in [0.2, 0.25) is 5.15 Å². The molecule has 0 radical (unpaired) electrons. The molecule has 186 valence electrons. The van der Waals surface area contributed by atoms with Crippen LogP contribution in [0, 0.1) is 5.92 Å². The van der Waals surface area contributed by atoms with Gasteiger partial charge in [-0.3, -0.25) is 4.79 Å². The SMILES string of the molecule is C[C@H](Nc1nc(Cl)cc([C@@H]2C(=O)NCC2[C@@H](C)OC(C)(C)C)n1)c1ccc(OC(F)(F)F)cc1. The number of aromatic nitrogens is 2. The van der Waals surface area contributed by atoms with Crippen molar-refractivity contribution in [3.8, 4) is 5.75 Å². The summed E-state index contributed by atoms with van der Waals surface area (Å²) < 4.78 is 47.1.